The highest BCUT2D eigenvalue weighted by Gasteiger charge is 2.21. The van der Waals surface area contributed by atoms with E-state index in [0.29, 0.717) is 5.92 Å². The fraction of sp³-hybridized carbons (Fsp3) is 0.750. The lowest BCUT2D eigenvalue weighted by Gasteiger charge is -2.19. The molecule has 1 fully saturated rings. The average Bonchev–Trinajstić information content (AvgIpc) is 2.80. The van der Waals surface area contributed by atoms with E-state index in [4.69, 9.17) is 15.0 Å². The summed E-state index contributed by atoms with van der Waals surface area (Å²) in [7, 11) is 0. The summed E-state index contributed by atoms with van der Waals surface area (Å²) in [4.78, 5) is 0. The molecule has 1 saturated heterocycles. The average molecular weight is 224 g/mol. The van der Waals surface area contributed by atoms with Gasteiger partial charge in [0.1, 0.15) is 0 Å². The molecule has 2 heterocycles. The van der Waals surface area contributed by atoms with Gasteiger partial charge < -0.3 is 15.0 Å². The normalized spacial score (nSPS) is 19.9. The Kier molecular flexibility index (Phi) is 3.96. The Morgan fingerprint density at radius 3 is 2.94 bits per heavy atom. The van der Waals surface area contributed by atoms with Crippen molar-refractivity contribution in [2.45, 2.75) is 44.6 Å². The van der Waals surface area contributed by atoms with Crippen LogP contribution in [0.25, 0.3) is 0 Å². The molecule has 2 N–H and O–H groups in total. The second kappa shape index (κ2) is 5.46. The Hall–Kier alpha value is -0.870. The minimum Gasteiger partial charge on any atom is -0.381 e. The maximum absolute atomic E-state index is 5.99. The molecule has 1 unspecified atom stereocenters. The predicted octanol–water partition coefficient (Wildman–Crippen LogP) is 2.37. The zero-order valence-corrected chi connectivity index (χ0v) is 9.82. The van der Waals surface area contributed by atoms with Crippen molar-refractivity contribution in [3.8, 4) is 0 Å². The van der Waals surface area contributed by atoms with Crippen molar-refractivity contribution in [2.24, 2.45) is 5.73 Å². The molecule has 1 aromatic heterocycles. The van der Waals surface area contributed by atoms with Crippen LogP contribution in [0.5, 0.6) is 0 Å². The van der Waals surface area contributed by atoms with Gasteiger partial charge in [-0.05, 0) is 19.3 Å². The molecule has 0 amide bonds. The molecule has 0 saturated carbocycles. The van der Waals surface area contributed by atoms with Crippen molar-refractivity contribution in [1.82, 2.24) is 5.16 Å². The molecule has 0 bridgehead atoms. The summed E-state index contributed by atoms with van der Waals surface area (Å²) in [6.45, 7) is 3.78. The molecular weight excluding hydrogens is 204 g/mol. The molecular formula is C12H20N2O2. The first-order valence-electron chi connectivity index (χ1n) is 6.11. The maximum atomic E-state index is 5.99. The van der Waals surface area contributed by atoms with Gasteiger partial charge in [-0.3, -0.25) is 0 Å². The molecule has 1 aliphatic heterocycles. The van der Waals surface area contributed by atoms with Gasteiger partial charge in [-0.1, -0.05) is 18.5 Å². The Morgan fingerprint density at radius 1 is 1.50 bits per heavy atom. The zero-order valence-electron chi connectivity index (χ0n) is 9.82. The van der Waals surface area contributed by atoms with Gasteiger partial charge in [0.2, 0.25) is 0 Å². The van der Waals surface area contributed by atoms with E-state index >= 15 is 0 Å². The second-order valence-corrected chi connectivity index (χ2v) is 4.44. The number of ether oxygens (including phenoxy) is 1. The molecule has 0 spiro atoms. The number of nitrogens with zero attached hydrogens (tertiary/aromatic N) is 1. The van der Waals surface area contributed by atoms with Crippen molar-refractivity contribution in [3.63, 3.8) is 0 Å². The summed E-state index contributed by atoms with van der Waals surface area (Å²) in [6.07, 6.45) is 4.08. The van der Waals surface area contributed by atoms with Crippen LogP contribution in [0.2, 0.25) is 0 Å². The van der Waals surface area contributed by atoms with E-state index in [2.05, 4.69) is 12.1 Å². The monoisotopic (exact) mass is 224 g/mol. The highest BCUT2D eigenvalue weighted by molar-refractivity contribution is 5.13. The Bertz CT molecular complexity index is 319. The zero-order chi connectivity index (χ0) is 11.4. The van der Waals surface area contributed by atoms with Crippen LogP contribution in [0.3, 0.4) is 0 Å². The number of nitrogens with two attached hydrogens (primary N) is 1. The van der Waals surface area contributed by atoms with Crippen LogP contribution in [-0.2, 0) is 4.74 Å². The van der Waals surface area contributed by atoms with Gasteiger partial charge in [-0.2, -0.15) is 0 Å². The van der Waals surface area contributed by atoms with Gasteiger partial charge in [0.15, 0.2) is 5.76 Å². The molecule has 0 aliphatic carbocycles. The van der Waals surface area contributed by atoms with Crippen LogP contribution >= 0.6 is 0 Å². The number of aromatic nitrogens is 1. The lowest BCUT2D eigenvalue weighted by molar-refractivity contribution is 0.0838. The van der Waals surface area contributed by atoms with Crippen molar-refractivity contribution in [3.05, 3.63) is 17.5 Å². The maximum Gasteiger partial charge on any atom is 0.153 e. The van der Waals surface area contributed by atoms with E-state index < -0.39 is 0 Å². The van der Waals surface area contributed by atoms with Crippen LogP contribution in [0.15, 0.2) is 10.6 Å². The Balaban J connectivity index is 2.00. The quantitative estimate of drug-likeness (QED) is 0.852. The first-order valence-corrected chi connectivity index (χ1v) is 6.11. The first kappa shape index (κ1) is 11.6. The first-order chi connectivity index (χ1) is 7.81. The number of hydrogen-bond donors (Lipinski definition) is 1. The summed E-state index contributed by atoms with van der Waals surface area (Å²) in [6, 6.07) is 2.02. The van der Waals surface area contributed by atoms with Gasteiger partial charge in [0, 0.05) is 25.2 Å². The molecule has 0 aromatic carbocycles. The predicted molar refractivity (Wildman–Crippen MR) is 61.1 cm³/mol. The summed E-state index contributed by atoms with van der Waals surface area (Å²) in [5, 5.41) is 4.13. The smallest absolute Gasteiger partial charge is 0.153 e. The topological polar surface area (TPSA) is 61.3 Å². The van der Waals surface area contributed by atoms with Gasteiger partial charge >= 0.3 is 0 Å². The third kappa shape index (κ3) is 2.62. The van der Waals surface area contributed by atoms with Crippen LogP contribution in [0.1, 0.15) is 56.0 Å². The van der Waals surface area contributed by atoms with E-state index in [1.165, 1.54) is 0 Å². The van der Waals surface area contributed by atoms with Crippen molar-refractivity contribution >= 4 is 0 Å². The lowest BCUT2D eigenvalue weighted by Crippen LogP contribution is -2.14. The standard InChI is InChI=1S/C12H20N2O2/c1-2-3-10(13)12-8-11(14-16-12)9-4-6-15-7-5-9/h8-10H,2-7,13H2,1H3. The molecule has 1 atom stereocenters. The molecule has 1 aliphatic rings. The third-order valence-electron chi connectivity index (χ3n) is 3.15. The SMILES string of the molecule is CCCC(N)c1cc(C2CCOCC2)no1. The number of rotatable bonds is 4. The minimum atomic E-state index is -0.00825. The fourth-order valence-electron chi connectivity index (χ4n) is 2.12. The molecule has 16 heavy (non-hydrogen) atoms. The van der Waals surface area contributed by atoms with Crippen LogP contribution in [0, 0.1) is 0 Å². The van der Waals surface area contributed by atoms with Gasteiger partial charge in [-0.25, -0.2) is 0 Å². The van der Waals surface area contributed by atoms with Crippen LogP contribution in [0.4, 0.5) is 0 Å². The van der Waals surface area contributed by atoms with Gasteiger partial charge in [0.05, 0.1) is 11.7 Å². The second-order valence-electron chi connectivity index (χ2n) is 4.44. The number of hydrogen-bond acceptors (Lipinski definition) is 4. The van der Waals surface area contributed by atoms with Crippen LogP contribution < -0.4 is 5.73 Å². The van der Waals surface area contributed by atoms with Crippen molar-refractivity contribution in [1.29, 1.82) is 0 Å². The van der Waals surface area contributed by atoms with E-state index in [1.807, 2.05) is 6.07 Å². The molecule has 1 aromatic rings. The summed E-state index contributed by atoms with van der Waals surface area (Å²) >= 11 is 0. The summed E-state index contributed by atoms with van der Waals surface area (Å²) < 4.78 is 10.6. The molecule has 4 nitrogen and oxygen atoms in total. The molecule has 0 radical (unpaired) electrons. The van der Waals surface area contributed by atoms with Crippen molar-refractivity contribution in [2.75, 3.05) is 13.2 Å². The molecule has 2 rings (SSSR count). The largest absolute Gasteiger partial charge is 0.381 e. The fourth-order valence-corrected chi connectivity index (χ4v) is 2.12. The van der Waals surface area contributed by atoms with E-state index in [1.54, 1.807) is 0 Å². The summed E-state index contributed by atoms with van der Waals surface area (Å²) in [5.41, 5.74) is 7.04. The highest BCUT2D eigenvalue weighted by atomic mass is 16.5. The van der Waals surface area contributed by atoms with Gasteiger partial charge in [0.25, 0.3) is 0 Å². The highest BCUT2D eigenvalue weighted by Crippen LogP contribution is 2.28. The summed E-state index contributed by atoms with van der Waals surface area (Å²) in [5.74, 6) is 1.31. The van der Waals surface area contributed by atoms with E-state index in [0.717, 1.165) is 50.4 Å². The Labute approximate surface area is 96.1 Å². The van der Waals surface area contributed by atoms with Crippen LogP contribution in [-0.4, -0.2) is 18.4 Å². The van der Waals surface area contributed by atoms with Gasteiger partial charge in [-0.15, -0.1) is 0 Å². The van der Waals surface area contributed by atoms with Crippen molar-refractivity contribution < 1.29 is 9.26 Å². The molecule has 90 valence electrons. The van der Waals surface area contributed by atoms with E-state index in [9.17, 15) is 0 Å². The minimum absolute atomic E-state index is 0.00825. The van der Waals surface area contributed by atoms with E-state index in [-0.39, 0.29) is 6.04 Å². The molecule has 4 heteroatoms. The Morgan fingerprint density at radius 2 is 2.25 bits per heavy atom. The third-order valence-corrected chi connectivity index (χ3v) is 3.15. The lowest BCUT2D eigenvalue weighted by atomic mass is 9.96.